The maximum atomic E-state index is 12.1. The van der Waals surface area contributed by atoms with Gasteiger partial charge in [-0.3, -0.25) is 9.59 Å². The summed E-state index contributed by atoms with van der Waals surface area (Å²) in [5, 5.41) is 14.0. The Morgan fingerprint density at radius 1 is 1.56 bits per heavy atom. The number of rotatable bonds is 3. The number of amides is 2. The van der Waals surface area contributed by atoms with Gasteiger partial charge < -0.3 is 21.2 Å². The molecule has 2 atom stereocenters. The summed E-state index contributed by atoms with van der Waals surface area (Å²) in [7, 11) is 1.59. The fraction of sp³-hybridized carbons (Fsp3) is 0.727. The van der Waals surface area contributed by atoms with Crippen LogP contribution in [0.15, 0.2) is 5.16 Å². The zero-order valence-corrected chi connectivity index (χ0v) is 10.7. The van der Waals surface area contributed by atoms with Crippen LogP contribution in [-0.4, -0.2) is 47.9 Å². The topological polar surface area (TPSA) is 108 Å². The first-order chi connectivity index (χ1) is 8.51. The van der Waals surface area contributed by atoms with E-state index >= 15 is 0 Å². The molecule has 4 N–H and O–H groups in total. The summed E-state index contributed by atoms with van der Waals surface area (Å²) in [5.74, 6) is -1.21. The third kappa shape index (κ3) is 3.12. The Hall–Kier alpha value is -1.79. The van der Waals surface area contributed by atoms with E-state index in [0.29, 0.717) is 13.1 Å². The normalized spacial score (nSPS) is 22.4. The molecule has 0 radical (unpaired) electrons. The van der Waals surface area contributed by atoms with Crippen LogP contribution in [0.3, 0.4) is 0 Å². The van der Waals surface area contributed by atoms with Gasteiger partial charge in [0.05, 0.1) is 11.8 Å². The molecule has 1 aliphatic heterocycles. The van der Waals surface area contributed by atoms with E-state index in [1.807, 2.05) is 0 Å². The number of carbonyl (C=O) groups excluding carboxylic acids is 2. The number of piperidine rings is 1. The largest absolute Gasteiger partial charge is 0.409 e. The van der Waals surface area contributed by atoms with E-state index in [-0.39, 0.29) is 23.6 Å². The molecule has 1 fully saturated rings. The Morgan fingerprint density at radius 3 is 2.78 bits per heavy atom. The van der Waals surface area contributed by atoms with Crippen molar-refractivity contribution in [3.8, 4) is 0 Å². The number of likely N-dealkylation sites (tertiary alicyclic amines) is 1. The molecule has 0 aromatic carbocycles. The number of oxime groups is 1. The summed E-state index contributed by atoms with van der Waals surface area (Å²) in [5.41, 5.74) is 5.42. The summed E-state index contributed by atoms with van der Waals surface area (Å²) in [4.78, 5) is 25.2. The molecule has 7 nitrogen and oxygen atoms in total. The molecule has 0 aromatic heterocycles. The highest BCUT2D eigenvalue weighted by molar-refractivity contribution is 6.01. The Kier molecular flexibility index (Phi) is 4.94. The minimum absolute atomic E-state index is 0.0519. The number of hydrogen-bond donors (Lipinski definition) is 3. The molecular weight excluding hydrogens is 236 g/mol. The van der Waals surface area contributed by atoms with Gasteiger partial charge in [-0.2, -0.15) is 0 Å². The highest BCUT2D eigenvalue weighted by Crippen LogP contribution is 2.18. The minimum atomic E-state index is -0.668. The second kappa shape index (κ2) is 6.23. The highest BCUT2D eigenvalue weighted by Gasteiger charge is 2.31. The van der Waals surface area contributed by atoms with Gasteiger partial charge in [-0.1, -0.05) is 5.16 Å². The van der Waals surface area contributed by atoms with E-state index in [4.69, 9.17) is 10.9 Å². The van der Waals surface area contributed by atoms with Crippen molar-refractivity contribution in [2.75, 3.05) is 20.1 Å². The molecule has 0 aliphatic carbocycles. The summed E-state index contributed by atoms with van der Waals surface area (Å²) in [6.45, 7) is 2.58. The van der Waals surface area contributed by atoms with Crippen LogP contribution >= 0.6 is 0 Å². The second-order valence-corrected chi connectivity index (χ2v) is 4.48. The maximum absolute atomic E-state index is 12.1. The molecule has 1 rings (SSSR count). The second-order valence-electron chi connectivity index (χ2n) is 4.48. The zero-order chi connectivity index (χ0) is 13.7. The Morgan fingerprint density at radius 2 is 2.22 bits per heavy atom. The first kappa shape index (κ1) is 14.3. The van der Waals surface area contributed by atoms with Crippen molar-refractivity contribution >= 4 is 17.6 Å². The molecular formula is C11H20N4O3. The van der Waals surface area contributed by atoms with Crippen molar-refractivity contribution in [2.45, 2.75) is 19.8 Å². The number of nitrogens with two attached hydrogens (primary N) is 1. The first-order valence-electron chi connectivity index (χ1n) is 5.99. The molecule has 2 unspecified atom stereocenters. The van der Waals surface area contributed by atoms with Gasteiger partial charge >= 0.3 is 0 Å². The summed E-state index contributed by atoms with van der Waals surface area (Å²) in [6, 6.07) is 0. The van der Waals surface area contributed by atoms with Crippen molar-refractivity contribution in [2.24, 2.45) is 22.7 Å². The summed E-state index contributed by atoms with van der Waals surface area (Å²) >= 11 is 0. The monoisotopic (exact) mass is 256 g/mol. The third-order valence-corrected chi connectivity index (χ3v) is 3.28. The predicted octanol–water partition coefficient (Wildman–Crippen LogP) is -0.646. The van der Waals surface area contributed by atoms with Crippen LogP contribution in [0.5, 0.6) is 0 Å². The van der Waals surface area contributed by atoms with Crippen LogP contribution < -0.4 is 11.1 Å². The molecule has 0 saturated carbocycles. The van der Waals surface area contributed by atoms with Crippen LogP contribution in [-0.2, 0) is 9.59 Å². The predicted molar refractivity (Wildman–Crippen MR) is 65.9 cm³/mol. The average molecular weight is 256 g/mol. The van der Waals surface area contributed by atoms with E-state index in [9.17, 15) is 9.59 Å². The molecule has 1 saturated heterocycles. The number of carbonyl (C=O) groups is 2. The van der Waals surface area contributed by atoms with Gasteiger partial charge in [-0.05, 0) is 19.8 Å². The fourth-order valence-corrected chi connectivity index (χ4v) is 2.08. The van der Waals surface area contributed by atoms with Gasteiger partial charge in [-0.25, -0.2) is 0 Å². The fourth-order valence-electron chi connectivity index (χ4n) is 2.08. The lowest BCUT2D eigenvalue weighted by molar-refractivity contribution is -0.137. The maximum Gasteiger partial charge on any atom is 0.233 e. The van der Waals surface area contributed by atoms with Crippen molar-refractivity contribution in [3.63, 3.8) is 0 Å². The van der Waals surface area contributed by atoms with Crippen molar-refractivity contribution in [1.29, 1.82) is 0 Å². The van der Waals surface area contributed by atoms with E-state index < -0.39 is 5.92 Å². The standard InChI is InChI=1S/C11H20N4O3/c1-7(9(12)14-18)11(17)15-5-3-4-8(6-15)10(16)13-2/h7-8,18H,3-6H2,1-2H3,(H2,12,14)(H,13,16). The third-order valence-electron chi connectivity index (χ3n) is 3.28. The molecule has 7 heteroatoms. The van der Waals surface area contributed by atoms with Gasteiger partial charge in [0, 0.05) is 20.1 Å². The number of hydrogen-bond acceptors (Lipinski definition) is 4. The first-order valence-corrected chi connectivity index (χ1v) is 5.99. The Bertz CT molecular complexity index is 356. The average Bonchev–Trinajstić information content (AvgIpc) is 2.43. The Labute approximate surface area is 106 Å². The SMILES string of the molecule is CNC(=O)C1CCCN(C(=O)C(C)C(N)=NO)C1. The van der Waals surface area contributed by atoms with Crippen LogP contribution in [0.1, 0.15) is 19.8 Å². The lowest BCUT2D eigenvalue weighted by Gasteiger charge is -2.33. The van der Waals surface area contributed by atoms with Gasteiger partial charge in [0.25, 0.3) is 0 Å². The van der Waals surface area contributed by atoms with E-state index in [0.717, 1.165) is 12.8 Å². The lowest BCUT2D eigenvalue weighted by Crippen LogP contribution is -2.48. The van der Waals surface area contributed by atoms with Crippen LogP contribution in [0.25, 0.3) is 0 Å². The van der Waals surface area contributed by atoms with Crippen LogP contribution in [0.2, 0.25) is 0 Å². The highest BCUT2D eigenvalue weighted by atomic mass is 16.4. The van der Waals surface area contributed by atoms with E-state index in [1.54, 1.807) is 18.9 Å². The van der Waals surface area contributed by atoms with Crippen LogP contribution in [0.4, 0.5) is 0 Å². The quantitative estimate of drug-likeness (QED) is 0.270. The van der Waals surface area contributed by atoms with Gasteiger partial charge in [-0.15, -0.1) is 0 Å². The summed E-state index contributed by atoms with van der Waals surface area (Å²) < 4.78 is 0. The molecule has 0 aromatic rings. The molecule has 102 valence electrons. The number of nitrogens with zero attached hydrogens (tertiary/aromatic N) is 2. The molecule has 18 heavy (non-hydrogen) atoms. The van der Waals surface area contributed by atoms with Crippen molar-refractivity contribution in [1.82, 2.24) is 10.2 Å². The smallest absolute Gasteiger partial charge is 0.233 e. The van der Waals surface area contributed by atoms with E-state index in [1.165, 1.54) is 0 Å². The van der Waals surface area contributed by atoms with Crippen LogP contribution in [0, 0.1) is 11.8 Å². The lowest BCUT2D eigenvalue weighted by atomic mass is 9.96. The number of nitrogens with one attached hydrogen (secondary N) is 1. The molecule has 0 bridgehead atoms. The zero-order valence-electron chi connectivity index (χ0n) is 10.7. The Balaban J connectivity index is 2.66. The van der Waals surface area contributed by atoms with Gasteiger partial charge in [0.1, 0.15) is 0 Å². The van der Waals surface area contributed by atoms with E-state index in [2.05, 4.69) is 10.5 Å². The van der Waals surface area contributed by atoms with Gasteiger partial charge in [0.2, 0.25) is 11.8 Å². The molecule has 0 spiro atoms. The molecule has 1 heterocycles. The molecule has 2 amide bonds. The van der Waals surface area contributed by atoms with Crippen molar-refractivity contribution in [3.05, 3.63) is 0 Å². The van der Waals surface area contributed by atoms with Gasteiger partial charge in [0.15, 0.2) is 5.84 Å². The summed E-state index contributed by atoms with van der Waals surface area (Å²) in [6.07, 6.45) is 1.56. The van der Waals surface area contributed by atoms with Crippen molar-refractivity contribution < 1.29 is 14.8 Å². The minimum Gasteiger partial charge on any atom is -0.409 e. The number of amidine groups is 1. The molecule has 1 aliphatic rings.